The lowest BCUT2D eigenvalue weighted by Gasteiger charge is -2.11. The third-order valence-corrected chi connectivity index (χ3v) is 4.77. The van der Waals surface area contributed by atoms with Crippen molar-refractivity contribution >= 4 is 11.8 Å². The number of allylic oxidation sites excluding steroid dienone is 1. The van der Waals surface area contributed by atoms with E-state index in [9.17, 15) is 13.2 Å². The number of nitriles is 1. The van der Waals surface area contributed by atoms with Gasteiger partial charge in [0.1, 0.15) is 18.1 Å². The van der Waals surface area contributed by atoms with E-state index in [-0.39, 0.29) is 6.61 Å². The van der Waals surface area contributed by atoms with E-state index in [4.69, 9.17) is 14.7 Å². The van der Waals surface area contributed by atoms with Crippen molar-refractivity contribution in [2.24, 2.45) is 0 Å². The lowest BCUT2D eigenvalue weighted by atomic mass is 10.2. The average Bonchev–Trinajstić information content (AvgIpc) is 2.63. The molecule has 0 fully saturated rings. The molecule has 0 saturated carbocycles. The van der Waals surface area contributed by atoms with E-state index in [1.54, 1.807) is 7.11 Å². The lowest BCUT2D eigenvalue weighted by molar-refractivity contribution is -0.137. The molecular weight excluding hydrogens is 375 g/mol. The highest BCUT2D eigenvalue weighted by atomic mass is 32.2. The molecule has 27 heavy (non-hydrogen) atoms. The molecule has 2 aromatic carbocycles. The SMILES string of the molecule is COc1ccc(SCC(=CC#N)COc2ccc(C(F)(F)F)cc2)cc1C. The maximum Gasteiger partial charge on any atom is 0.416 e. The fraction of sp³-hybridized carbons (Fsp3) is 0.250. The molecular formula is C20H18F3NO2S. The number of halogens is 3. The van der Waals surface area contributed by atoms with Gasteiger partial charge in [-0.3, -0.25) is 0 Å². The van der Waals surface area contributed by atoms with Crippen LogP contribution in [-0.4, -0.2) is 19.5 Å². The number of methoxy groups -OCH3 is 1. The number of rotatable bonds is 7. The van der Waals surface area contributed by atoms with Gasteiger partial charge in [-0.1, -0.05) is 0 Å². The van der Waals surface area contributed by atoms with Crippen molar-refractivity contribution in [2.45, 2.75) is 18.0 Å². The van der Waals surface area contributed by atoms with E-state index < -0.39 is 11.7 Å². The van der Waals surface area contributed by atoms with Gasteiger partial charge in [0.25, 0.3) is 0 Å². The van der Waals surface area contributed by atoms with Gasteiger partial charge in [-0.25, -0.2) is 0 Å². The number of hydrogen-bond acceptors (Lipinski definition) is 4. The van der Waals surface area contributed by atoms with Crippen LogP contribution < -0.4 is 9.47 Å². The van der Waals surface area contributed by atoms with Gasteiger partial charge in [-0.05, 0) is 60.5 Å². The summed E-state index contributed by atoms with van der Waals surface area (Å²) in [5.41, 5.74) is 1.01. The number of hydrogen-bond donors (Lipinski definition) is 0. The second-order valence-corrected chi connectivity index (χ2v) is 6.71. The zero-order valence-corrected chi connectivity index (χ0v) is 15.7. The van der Waals surface area contributed by atoms with Crippen molar-refractivity contribution in [3.63, 3.8) is 0 Å². The van der Waals surface area contributed by atoms with E-state index in [1.807, 2.05) is 31.2 Å². The summed E-state index contributed by atoms with van der Waals surface area (Å²) in [6.07, 6.45) is -2.98. The van der Waals surface area contributed by atoms with Gasteiger partial charge in [0.05, 0.1) is 18.7 Å². The summed E-state index contributed by atoms with van der Waals surface area (Å²) in [6, 6.07) is 12.3. The molecule has 0 aliphatic carbocycles. The van der Waals surface area contributed by atoms with Crippen molar-refractivity contribution in [2.75, 3.05) is 19.5 Å². The molecule has 0 spiro atoms. The largest absolute Gasteiger partial charge is 0.496 e. The minimum Gasteiger partial charge on any atom is -0.496 e. The van der Waals surface area contributed by atoms with Crippen LogP contribution in [0.3, 0.4) is 0 Å². The summed E-state index contributed by atoms with van der Waals surface area (Å²) in [7, 11) is 1.61. The predicted octanol–water partition coefficient (Wildman–Crippen LogP) is 5.64. The number of ether oxygens (including phenoxy) is 2. The van der Waals surface area contributed by atoms with E-state index in [0.717, 1.165) is 33.9 Å². The second-order valence-electron chi connectivity index (χ2n) is 5.66. The van der Waals surface area contributed by atoms with E-state index in [2.05, 4.69) is 0 Å². The summed E-state index contributed by atoms with van der Waals surface area (Å²) in [5, 5.41) is 8.94. The molecule has 0 heterocycles. The van der Waals surface area contributed by atoms with Gasteiger partial charge in [-0.15, -0.1) is 11.8 Å². The summed E-state index contributed by atoms with van der Waals surface area (Å²) < 4.78 is 48.5. The number of thioether (sulfide) groups is 1. The van der Waals surface area contributed by atoms with Gasteiger partial charge in [0.2, 0.25) is 0 Å². The van der Waals surface area contributed by atoms with Gasteiger partial charge in [0.15, 0.2) is 0 Å². The van der Waals surface area contributed by atoms with Crippen molar-refractivity contribution in [3.8, 4) is 17.6 Å². The van der Waals surface area contributed by atoms with Gasteiger partial charge in [0, 0.05) is 16.7 Å². The highest BCUT2D eigenvalue weighted by Crippen LogP contribution is 2.30. The zero-order chi connectivity index (χ0) is 19.9. The molecule has 142 valence electrons. The Morgan fingerprint density at radius 3 is 2.44 bits per heavy atom. The highest BCUT2D eigenvalue weighted by Gasteiger charge is 2.30. The van der Waals surface area contributed by atoms with Crippen LogP contribution in [0, 0.1) is 18.3 Å². The summed E-state index contributed by atoms with van der Waals surface area (Å²) >= 11 is 1.54. The summed E-state index contributed by atoms with van der Waals surface area (Å²) in [5.74, 6) is 1.65. The number of alkyl halides is 3. The lowest BCUT2D eigenvalue weighted by Crippen LogP contribution is -2.06. The van der Waals surface area contributed by atoms with Crippen LogP contribution in [0.25, 0.3) is 0 Å². The Balaban J connectivity index is 1.95. The van der Waals surface area contributed by atoms with Crippen molar-refractivity contribution in [3.05, 3.63) is 65.2 Å². The molecule has 2 aromatic rings. The second kappa shape index (κ2) is 9.38. The predicted molar refractivity (Wildman–Crippen MR) is 99.1 cm³/mol. The summed E-state index contributed by atoms with van der Waals surface area (Å²) in [6.45, 7) is 2.07. The first-order valence-electron chi connectivity index (χ1n) is 7.98. The molecule has 2 rings (SSSR count). The van der Waals surface area contributed by atoms with Crippen LogP contribution in [0.2, 0.25) is 0 Å². The Morgan fingerprint density at radius 1 is 1.19 bits per heavy atom. The molecule has 0 bridgehead atoms. The Labute approximate surface area is 160 Å². The minimum atomic E-state index is -4.38. The van der Waals surface area contributed by atoms with Crippen LogP contribution in [0.5, 0.6) is 11.5 Å². The maximum atomic E-state index is 12.6. The molecule has 7 heteroatoms. The van der Waals surface area contributed by atoms with Gasteiger partial charge < -0.3 is 9.47 Å². The van der Waals surface area contributed by atoms with Gasteiger partial charge in [-0.2, -0.15) is 18.4 Å². The van der Waals surface area contributed by atoms with Gasteiger partial charge >= 0.3 is 6.18 Å². The van der Waals surface area contributed by atoms with E-state index in [1.165, 1.54) is 30.0 Å². The smallest absolute Gasteiger partial charge is 0.416 e. The standard InChI is InChI=1S/C20H18F3NO2S/c1-14-11-18(7-8-19(14)25-2)27-13-15(9-10-24)12-26-17-5-3-16(4-6-17)20(21,22)23/h3-9,11H,12-13H2,1-2H3. The van der Waals surface area contributed by atoms with E-state index in [0.29, 0.717) is 11.5 Å². The van der Waals surface area contributed by atoms with Crippen molar-refractivity contribution < 1.29 is 22.6 Å². The maximum absolute atomic E-state index is 12.6. The number of benzene rings is 2. The molecule has 0 atom stereocenters. The Morgan fingerprint density at radius 2 is 1.89 bits per heavy atom. The Kier molecular flexibility index (Phi) is 7.19. The van der Waals surface area contributed by atoms with Crippen LogP contribution in [0.1, 0.15) is 11.1 Å². The van der Waals surface area contributed by atoms with Crippen LogP contribution in [0.15, 0.2) is 59.0 Å². The molecule has 0 aromatic heterocycles. The number of nitrogens with zero attached hydrogens (tertiary/aromatic N) is 1. The Hall–Kier alpha value is -2.59. The fourth-order valence-corrected chi connectivity index (χ4v) is 3.19. The first-order valence-corrected chi connectivity index (χ1v) is 8.97. The molecule has 0 amide bonds. The first-order chi connectivity index (χ1) is 12.8. The van der Waals surface area contributed by atoms with Crippen LogP contribution in [0.4, 0.5) is 13.2 Å². The normalized spacial score (nSPS) is 11.8. The molecule has 0 radical (unpaired) electrons. The third-order valence-electron chi connectivity index (χ3n) is 3.67. The number of aryl methyl sites for hydroxylation is 1. The molecule has 0 aliphatic rings. The molecule has 0 aliphatic heterocycles. The van der Waals surface area contributed by atoms with Crippen molar-refractivity contribution in [1.29, 1.82) is 5.26 Å². The van der Waals surface area contributed by atoms with Crippen LogP contribution in [-0.2, 0) is 6.18 Å². The average molecular weight is 393 g/mol. The fourth-order valence-electron chi connectivity index (χ4n) is 2.25. The Bertz CT molecular complexity index is 840. The molecule has 0 N–H and O–H groups in total. The monoisotopic (exact) mass is 393 g/mol. The first kappa shape index (κ1) is 20.7. The molecule has 0 unspecified atom stereocenters. The molecule has 3 nitrogen and oxygen atoms in total. The quantitative estimate of drug-likeness (QED) is 0.451. The molecule has 0 saturated heterocycles. The van der Waals surface area contributed by atoms with E-state index >= 15 is 0 Å². The zero-order valence-electron chi connectivity index (χ0n) is 14.8. The topological polar surface area (TPSA) is 42.2 Å². The van der Waals surface area contributed by atoms with Crippen molar-refractivity contribution in [1.82, 2.24) is 0 Å². The third kappa shape index (κ3) is 6.26. The highest BCUT2D eigenvalue weighted by molar-refractivity contribution is 7.99. The van der Waals surface area contributed by atoms with Crippen LogP contribution >= 0.6 is 11.8 Å². The minimum absolute atomic E-state index is 0.126. The summed E-state index contributed by atoms with van der Waals surface area (Å²) in [4.78, 5) is 1.02.